The van der Waals surface area contributed by atoms with Crippen LogP contribution in [-0.2, 0) is 12.8 Å². The Balaban J connectivity index is 1.33. The maximum Gasteiger partial charge on any atom is 0.258 e. The number of rotatable bonds is 4. The van der Waals surface area contributed by atoms with Gasteiger partial charge < -0.3 is 20.3 Å². The van der Waals surface area contributed by atoms with Crippen molar-refractivity contribution >= 4 is 17.4 Å². The van der Waals surface area contributed by atoms with Crippen LogP contribution in [0.5, 0.6) is 5.75 Å². The number of ether oxygens (including phenoxy) is 1. The topological polar surface area (TPSA) is 89.0 Å². The molecular formula is C27H34N6O2. The molecule has 35 heavy (non-hydrogen) atoms. The lowest BCUT2D eigenvalue weighted by Gasteiger charge is -2.35. The third kappa shape index (κ3) is 3.93. The van der Waals surface area contributed by atoms with Crippen molar-refractivity contribution in [2.45, 2.75) is 64.0 Å². The van der Waals surface area contributed by atoms with Gasteiger partial charge in [0.25, 0.3) is 5.91 Å². The number of aromatic nitrogens is 3. The first kappa shape index (κ1) is 22.3. The molecule has 2 atom stereocenters. The van der Waals surface area contributed by atoms with Crippen molar-refractivity contribution in [2.75, 3.05) is 31.6 Å². The molecular weight excluding hydrogens is 440 g/mol. The summed E-state index contributed by atoms with van der Waals surface area (Å²) in [7, 11) is 1.65. The zero-order valence-corrected chi connectivity index (χ0v) is 20.7. The number of likely N-dealkylation sites (tertiary alicyclic amines) is 1. The Labute approximate surface area is 206 Å². The summed E-state index contributed by atoms with van der Waals surface area (Å²) in [6.45, 7) is 4.56. The van der Waals surface area contributed by atoms with E-state index in [0.717, 1.165) is 87.3 Å². The highest BCUT2D eigenvalue weighted by Gasteiger charge is 2.33. The number of carbonyl (C=O) groups is 1. The van der Waals surface area contributed by atoms with Crippen molar-refractivity contribution in [3.63, 3.8) is 0 Å². The lowest BCUT2D eigenvalue weighted by Crippen LogP contribution is -2.39. The monoisotopic (exact) mass is 474 g/mol. The second-order valence-corrected chi connectivity index (χ2v) is 10.3. The highest BCUT2D eigenvalue weighted by atomic mass is 16.5. The minimum absolute atomic E-state index is 0.0363. The second-order valence-electron chi connectivity index (χ2n) is 10.3. The summed E-state index contributed by atoms with van der Waals surface area (Å²) in [5, 5.41) is 4.89. The van der Waals surface area contributed by atoms with Crippen molar-refractivity contribution in [2.24, 2.45) is 5.73 Å². The zero-order chi connectivity index (χ0) is 24.1. The smallest absolute Gasteiger partial charge is 0.258 e. The fourth-order valence-corrected chi connectivity index (χ4v) is 6.06. The molecule has 2 aliphatic heterocycles. The average molecular weight is 475 g/mol. The largest absolute Gasteiger partial charge is 0.496 e. The van der Waals surface area contributed by atoms with E-state index in [9.17, 15) is 4.79 Å². The number of anilines is 1. The Morgan fingerprint density at radius 2 is 1.91 bits per heavy atom. The molecule has 0 radical (unpaired) electrons. The van der Waals surface area contributed by atoms with E-state index in [1.807, 2.05) is 15.6 Å². The van der Waals surface area contributed by atoms with Crippen molar-refractivity contribution < 1.29 is 9.53 Å². The Bertz CT molecular complexity index is 1280. The molecule has 1 amide bonds. The molecule has 0 saturated carbocycles. The number of aryl methyl sites for hydroxylation is 3. The van der Waals surface area contributed by atoms with Crippen LogP contribution in [0, 0.1) is 6.92 Å². The van der Waals surface area contributed by atoms with Gasteiger partial charge in [0.15, 0.2) is 5.65 Å². The molecule has 2 N–H and O–H groups in total. The molecule has 4 heterocycles. The van der Waals surface area contributed by atoms with Crippen LogP contribution < -0.4 is 15.4 Å². The minimum Gasteiger partial charge on any atom is -0.496 e. The van der Waals surface area contributed by atoms with Crippen LogP contribution >= 0.6 is 0 Å². The molecule has 2 unspecified atom stereocenters. The van der Waals surface area contributed by atoms with Gasteiger partial charge in [0.05, 0.1) is 24.4 Å². The first-order chi connectivity index (χ1) is 17.0. The standard InChI is InChI=1S/C27H34N6O2/c1-17-15-33-25(29-26(17)31-11-9-20(28)16-31)14-22(30-33)23-8-3-4-10-32(23)27(34)21-12-18-6-5-7-19(18)13-24(21)35-2/h12-15,20,23H,3-11,16,28H2,1-2H3. The molecule has 1 aliphatic carbocycles. The van der Waals surface area contributed by atoms with E-state index < -0.39 is 0 Å². The van der Waals surface area contributed by atoms with E-state index in [1.54, 1.807) is 7.11 Å². The highest BCUT2D eigenvalue weighted by Crippen LogP contribution is 2.36. The summed E-state index contributed by atoms with van der Waals surface area (Å²) in [6.07, 6.45) is 9.24. The third-order valence-electron chi connectivity index (χ3n) is 7.90. The molecule has 1 aromatic carbocycles. The molecule has 8 nitrogen and oxygen atoms in total. The summed E-state index contributed by atoms with van der Waals surface area (Å²) in [4.78, 5) is 23.1. The van der Waals surface area contributed by atoms with Gasteiger partial charge >= 0.3 is 0 Å². The number of methoxy groups -OCH3 is 1. The first-order valence-electron chi connectivity index (χ1n) is 12.9. The van der Waals surface area contributed by atoms with E-state index in [1.165, 1.54) is 11.1 Å². The van der Waals surface area contributed by atoms with Gasteiger partial charge in [0.2, 0.25) is 0 Å². The SMILES string of the molecule is COc1cc2c(cc1C(=O)N1CCCCC1c1cc3nc(N4CCC(N)C4)c(C)cn3n1)CCC2. The van der Waals surface area contributed by atoms with Crippen LogP contribution in [0.2, 0.25) is 0 Å². The zero-order valence-electron chi connectivity index (χ0n) is 20.7. The van der Waals surface area contributed by atoms with Crippen LogP contribution in [0.15, 0.2) is 24.4 Å². The predicted octanol–water partition coefficient (Wildman–Crippen LogP) is 3.44. The molecule has 2 fully saturated rings. The van der Waals surface area contributed by atoms with Crippen molar-refractivity contribution in [3.8, 4) is 5.75 Å². The number of fused-ring (bicyclic) bond motifs is 2. The summed E-state index contributed by atoms with van der Waals surface area (Å²) in [6, 6.07) is 6.31. The molecule has 3 aliphatic rings. The quantitative estimate of drug-likeness (QED) is 0.623. The van der Waals surface area contributed by atoms with Gasteiger partial charge in [-0.05, 0) is 75.1 Å². The maximum atomic E-state index is 13.9. The van der Waals surface area contributed by atoms with Crippen LogP contribution in [0.1, 0.15) is 70.9 Å². The third-order valence-corrected chi connectivity index (χ3v) is 7.90. The van der Waals surface area contributed by atoms with Crippen molar-refractivity contribution in [1.29, 1.82) is 0 Å². The molecule has 6 rings (SSSR count). The summed E-state index contributed by atoms with van der Waals surface area (Å²) < 4.78 is 7.52. The Morgan fingerprint density at radius 1 is 1.09 bits per heavy atom. The van der Waals surface area contributed by atoms with Crippen molar-refractivity contribution in [1.82, 2.24) is 19.5 Å². The van der Waals surface area contributed by atoms with E-state index in [4.69, 9.17) is 20.6 Å². The molecule has 2 saturated heterocycles. The Kier molecular flexibility index (Phi) is 5.63. The van der Waals surface area contributed by atoms with E-state index >= 15 is 0 Å². The van der Waals surface area contributed by atoms with Gasteiger partial charge in [-0.1, -0.05) is 0 Å². The minimum atomic E-state index is -0.0696. The number of carbonyl (C=O) groups excluding carboxylic acids is 1. The lowest BCUT2D eigenvalue weighted by molar-refractivity contribution is 0.0602. The van der Waals surface area contributed by atoms with Gasteiger partial charge in [0.1, 0.15) is 11.6 Å². The summed E-state index contributed by atoms with van der Waals surface area (Å²) >= 11 is 0. The number of nitrogens with two attached hydrogens (primary N) is 1. The fraction of sp³-hybridized carbons (Fsp3) is 0.519. The van der Waals surface area contributed by atoms with Crippen LogP contribution in [0.4, 0.5) is 5.82 Å². The first-order valence-corrected chi connectivity index (χ1v) is 12.9. The van der Waals surface area contributed by atoms with Gasteiger partial charge in [-0.25, -0.2) is 9.50 Å². The average Bonchev–Trinajstić information content (AvgIpc) is 3.61. The number of amides is 1. The van der Waals surface area contributed by atoms with Gasteiger partial charge in [-0.2, -0.15) is 5.10 Å². The van der Waals surface area contributed by atoms with Gasteiger partial charge in [0, 0.05) is 43.5 Å². The number of benzene rings is 1. The number of nitrogens with zero attached hydrogens (tertiary/aromatic N) is 5. The van der Waals surface area contributed by atoms with Gasteiger partial charge in [-0.3, -0.25) is 4.79 Å². The van der Waals surface area contributed by atoms with E-state index in [2.05, 4.69) is 30.0 Å². The van der Waals surface area contributed by atoms with Crippen LogP contribution in [0.3, 0.4) is 0 Å². The molecule has 8 heteroatoms. The van der Waals surface area contributed by atoms with Gasteiger partial charge in [-0.15, -0.1) is 0 Å². The highest BCUT2D eigenvalue weighted by molar-refractivity contribution is 5.97. The second kappa shape index (κ2) is 8.82. The molecule has 2 aromatic heterocycles. The van der Waals surface area contributed by atoms with Crippen LogP contribution in [0.25, 0.3) is 5.65 Å². The Hall–Kier alpha value is -3.13. The molecule has 0 bridgehead atoms. The predicted molar refractivity (Wildman–Crippen MR) is 135 cm³/mol. The Morgan fingerprint density at radius 3 is 2.69 bits per heavy atom. The summed E-state index contributed by atoms with van der Waals surface area (Å²) in [5.41, 5.74) is 12.2. The molecule has 0 spiro atoms. The van der Waals surface area contributed by atoms with E-state index in [-0.39, 0.29) is 18.0 Å². The number of piperidine rings is 1. The van der Waals surface area contributed by atoms with E-state index in [0.29, 0.717) is 11.3 Å². The fourth-order valence-electron chi connectivity index (χ4n) is 6.06. The lowest BCUT2D eigenvalue weighted by atomic mass is 9.97. The maximum absolute atomic E-state index is 13.9. The number of hydrogen-bond acceptors (Lipinski definition) is 6. The van der Waals surface area contributed by atoms with Crippen molar-refractivity contribution in [3.05, 3.63) is 52.3 Å². The normalized spacial score (nSPS) is 22.1. The number of hydrogen-bond donors (Lipinski definition) is 1. The van der Waals surface area contributed by atoms with Crippen LogP contribution in [-0.4, -0.2) is 58.2 Å². The molecule has 184 valence electrons. The molecule has 3 aromatic rings. The summed E-state index contributed by atoms with van der Waals surface area (Å²) in [5.74, 6) is 1.70.